The number of benzene rings is 2. The van der Waals surface area contributed by atoms with Crippen molar-refractivity contribution in [3.63, 3.8) is 0 Å². The molecule has 2 aromatic carbocycles. The molecule has 6 heteroatoms. The zero-order chi connectivity index (χ0) is 14.8. The van der Waals surface area contributed by atoms with Gasteiger partial charge in [-0.15, -0.1) is 5.10 Å². The van der Waals surface area contributed by atoms with Crippen molar-refractivity contribution in [2.75, 3.05) is 0 Å². The first kappa shape index (κ1) is 12.9. The first-order chi connectivity index (χ1) is 10.2. The maximum Gasteiger partial charge on any atom is 0.145 e. The number of fused-ring (bicyclic) bond motifs is 1. The Bertz CT molecular complexity index is 870. The van der Waals surface area contributed by atoms with E-state index in [2.05, 4.69) is 10.3 Å². The zero-order valence-corrected chi connectivity index (χ0v) is 10.7. The Morgan fingerprint density at radius 2 is 1.86 bits per heavy atom. The molecule has 3 rings (SSSR count). The summed E-state index contributed by atoms with van der Waals surface area (Å²) in [4.78, 5) is 0. The molecule has 21 heavy (non-hydrogen) atoms. The molecule has 102 valence electrons. The van der Waals surface area contributed by atoms with Crippen molar-refractivity contribution in [2.24, 2.45) is 0 Å². The summed E-state index contributed by atoms with van der Waals surface area (Å²) in [5, 5.41) is 17.1. The lowest BCUT2D eigenvalue weighted by Crippen LogP contribution is -1.97. The van der Waals surface area contributed by atoms with E-state index in [1.54, 1.807) is 24.3 Å². The fourth-order valence-electron chi connectivity index (χ4n) is 2.00. The van der Waals surface area contributed by atoms with Crippen LogP contribution in [0.2, 0.25) is 0 Å². The number of allylic oxidation sites excluding steroid dienone is 1. The molecule has 0 aliphatic carbocycles. The molecule has 1 heterocycles. The Morgan fingerprint density at radius 1 is 1.14 bits per heavy atom. The van der Waals surface area contributed by atoms with Crippen LogP contribution in [0.25, 0.3) is 22.8 Å². The van der Waals surface area contributed by atoms with Crippen LogP contribution in [0.4, 0.5) is 8.78 Å². The summed E-state index contributed by atoms with van der Waals surface area (Å²) in [6.45, 7) is 0. The molecule has 1 aromatic heterocycles. The van der Waals surface area contributed by atoms with E-state index >= 15 is 0 Å². The van der Waals surface area contributed by atoms with Crippen LogP contribution in [0.3, 0.4) is 0 Å². The van der Waals surface area contributed by atoms with Crippen molar-refractivity contribution in [1.29, 1.82) is 5.26 Å². The lowest BCUT2D eigenvalue weighted by molar-refractivity contribution is 0.583. The highest BCUT2D eigenvalue weighted by Gasteiger charge is 2.08. The van der Waals surface area contributed by atoms with Crippen LogP contribution in [0.1, 0.15) is 5.56 Å². The molecule has 0 bridgehead atoms. The highest BCUT2D eigenvalue weighted by atomic mass is 19.1. The molecule has 0 aliphatic rings. The van der Waals surface area contributed by atoms with E-state index in [0.29, 0.717) is 11.0 Å². The standard InChI is InChI=1S/C15H8F2N4/c16-11-5-10(6-12(17)8-11)7-13(9-18)21-15-4-2-1-3-14(15)19-20-21/h1-8H/b13-7+. The fraction of sp³-hybridized carbons (Fsp3) is 0. The van der Waals surface area contributed by atoms with E-state index in [4.69, 9.17) is 0 Å². The Kier molecular flexibility index (Phi) is 3.16. The number of nitriles is 1. The van der Waals surface area contributed by atoms with Gasteiger partial charge in [-0.2, -0.15) is 5.26 Å². The molecular weight excluding hydrogens is 274 g/mol. The van der Waals surface area contributed by atoms with Gasteiger partial charge in [0.15, 0.2) is 0 Å². The highest BCUT2D eigenvalue weighted by molar-refractivity contribution is 5.86. The Balaban J connectivity index is 2.14. The summed E-state index contributed by atoms with van der Waals surface area (Å²) >= 11 is 0. The van der Waals surface area contributed by atoms with Crippen LogP contribution in [0.15, 0.2) is 42.5 Å². The average molecular weight is 282 g/mol. The van der Waals surface area contributed by atoms with E-state index in [-0.39, 0.29) is 11.3 Å². The van der Waals surface area contributed by atoms with Gasteiger partial charge in [0.1, 0.15) is 28.9 Å². The number of hydrogen-bond acceptors (Lipinski definition) is 3. The van der Waals surface area contributed by atoms with Gasteiger partial charge in [-0.3, -0.25) is 0 Å². The summed E-state index contributed by atoms with van der Waals surface area (Å²) in [5.74, 6) is -1.41. The number of hydrogen-bond donors (Lipinski definition) is 0. The second-order valence-electron chi connectivity index (χ2n) is 4.33. The van der Waals surface area contributed by atoms with Gasteiger partial charge in [-0.25, -0.2) is 13.5 Å². The predicted octanol–water partition coefficient (Wildman–Crippen LogP) is 3.23. The quantitative estimate of drug-likeness (QED) is 0.678. The minimum atomic E-state index is -0.706. The third kappa shape index (κ3) is 2.49. The zero-order valence-electron chi connectivity index (χ0n) is 10.7. The summed E-state index contributed by atoms with van der Waals surface area (Å²) < 4.78 is 27.7. The van der Waals surface area contributed by atoms with Crippen LogP contribution < -0.4 is 0 Å². The van der Waals surface area contributed by atoms with Gasteiger partial charge in [0.25, 0.3) is 0 Å². The summed E-state index contributed by atoms with van der Waals surface area (Å²) in [6.07, 6.45) is 1.35. The third-order valence-electron chi connectivity index (χ3n) is 2.88. The molecule has 0 saturated heterocycles. The molecular formula is C15H8F2N4. The monoisotopic (exact) mass is 282 g/mol. The van der Waals surface area contributed by atoms with Gasteiger partial charge in [-0.05, 0) is 35.9 Å². The molecule has 0 saturated carbocycles. The van der Waals surface area contributed by atoms with Crippen LogP contribution >= 0.6 is 0 Å². The SMILES string of the molecule is N#C/C(=C\c1cc(F)cc(F)c1)n1nnc2ccccc21. The first-order valence-electron chi connectivity index (χ1n) is 6.06. The van der Waals surface area contributed by atoms with Crippen LogP contribution in [0, 0.1) is 23.0 Å². The van der Waals surface area contributed by atoms with E-state index < -0.39 is 11.6 Å². The van der Waals surface area contributed by atoms with E-state index in [1.807, 2.05) is 6.07 Å². The molecule has 0 radical (unpaired) electrons. The van der Waals surface area contributed by atoms with Gasteiger partial charge in [0.2, 0.25) is 0 Å². The van der Waals surface area contributed by atoms with Crippen molar-refractivity contribution < 1.29 is 8.78 Å². The number of rotatable bonds is 2. The molecule has 3 aromatic rings. The summed E-state index contributed by atoms with van der Waals surface area (Å²) in [6, 6.07) is 12.1. The Morgan fingerprint density at radius 3 is 2.57 bits per heavy atom. The summed E-state index contributed by atoms with van der Waals surface area (Å²) in [5.41, 5.74) is 1.63. The normalized spacial score (nSPS) is 11.6. The number of nitrogens with zero attached hydrogens (tertiary/aromatic N) is 4. The number of aromatic nitrogens is 3. The predicted molar refractivity (Wildman–Crippen MR) is 73.7 cm³/mol. The van der Waals surface area contributed by atoms with E-state index in [9.17, 15) is 14.0 Å². The maximum atomic E-state index is 13.2. The van der Waals surface area contributed by atoms with E-state index in [1.165, 1.54) is 10.8 Å². The minimum absolute atomic E-state index is 0.119. The molecule has 0 fully saturated rings. The van der Waals surface area contributed by atoms with Crippen molar-refractivity contribution >= 4 is 22.8 Å². The topological polar surface area (TPSA) is 54.5 Å². The minimum Gasteiger partial charge on any atom is -0.207 e. The van der Waals surface area contributed by atoms with Crippen LogP contribution in [-0.2, 0) is 0 Å². The van der Waals surface area contributed by atoms with Crippen LogP contribution in [-0.4, -0.2) is 15.0 Å². The summed E-state index contributed by atoms with van der Waals surface area (Å²) in [7, 11) is 0. The van der Waals surface area contributed by atoms with Crippen LogP contribution in [0.5, 0.6) is 0 Å². The lowest BCUT2D eigenvalue weighted by Gasteiger charge is -2.01. The van der Waals surface area contributed by atoms with Crippen molar-refractivity contribution in [2.45, 2.75) is 0 Å². The Labute approximate surface area is 118 Å². The van der Waals surface area contributed by atoms with Gasteiger partial charge in [0.05, 0.1) is 5.52 Å². The third-order valence-corrected chi connectivity index (χ3v) is 2.88. The molecule has 4 nitrogen and oxygen atoms in total. The maximum absolute atomic E-state index is 13.2. The first-order valence-corrected chi connectivity index (χ1v) is 6.06. The van der Waals surface area contributed by atoms with Gasteiger partial charge in [0, 0.05) is 6.07 Å². The van der Waals surface area contributed by atoms with Crippen molar-refractivity contribution in [3.8, 4) is 6.07 Å². The number of halogens is 2. The van der Waals surface area contributed by atoms with Crippen molar-refractivity contribution in [1.82, 2.24) is 15.0 Å². The Hall–Kier alpha value is -3.07. The second kappa shape index (κ2) is 5.13. The van der Waals surface area contributed by atoms with Gasteiger partial charge < -0.3 is 0 Å². The smallest absolute Gasteiger partial charge is 0.145 e. The molecule has 0 unspecified atom stereocenters. The number of para-hydroxylation sites is 1. The molecule has 0 N–H and O–H groups in total. The molecule has 0 amide bonds. The fourth-order valence-corrected chi connectivity index (χ4v) is 2.00. The molecule has 0 spiro atoms. The van der Waals surface area contributed by atoms with E-state index in [0.717, 1.165) is 18.2 Å². The highest BCUT2D eigenvalue weighted by Crippen LogP contribution is 2.18. The second-order valence-corrected chi connectivity index (χ2v) is 4.33. The molecule has 0 atom stereocenters. The van der Waals surface area contributed by atoms with Crippen molar-refractivity contribution in [3.05, 3.63) is 59.7 Å². The largest absolute Gasteiger partial charge is 0.207 e. The average Bonchev–Trinajstić information content (AvgIpc) is 2.87. The molecule has 0 aliphatic heterocycles. The lowest BCUT2D eigenvalue weighted by atomic mass is 10.2. The van der Waals surface area contributed by atoms with Gasteiger partial charge in [-0.1, -0.05) is 17.3 Å². The van der Waals surface area contributed by atoms with Gasteiger partial charge >= 0.3 is 0 Å².